The van der Waals surface area contributed by atoms with Gasteiger partial charge in [0.1, 0.15) is 0 Å². The van der Waals surface area contributed by atoms with Gasteiger partial charge in [-0.3, -0.25) is 4.79 Å². The average molecular weight is 187 g/mol. The number of hydrogen-bond donors (Lipinski definition) is 2. The van der Waals surface area contributed by atoms with Gasteiger partial charge in [-0.15, -0.1) is 0 Å². The van der Waals surface area contributed by atoms with Gasteiger partial charge in [0.25, 0.3) is 0 Å². The zero-order valence-corrected chi connectivity index (χ0v) is 8.68. The first-order valence-electron chi connectivity index (χ1n) is 5.12. The van der Waals surface area contributed by atoms with Gasteiger partial charge in [-0.2, -0.15) is 0 Å². The molecule has 0 bridgehead atoms. The fourth-order valence-corrected chi connectivity index (χ4v) is 1.23. The standard InChI is InChI=1S/C10H21NO2/c1-3-4-5-6-7-11-9(2)8-10(12)13/h9,11H,3-8H2,1-2H3,(H,12,13). The molecule has 3 nitrogen and oxygen atoms in total. The molecular weight excluding hydrogens is 166 g/mol. The van der Waals surface area contributed by atoms with Gasteiger partial charge in [0.2, 0.25) is 0 Å². The lowest BCUT2D eigenvalue weighted by molar-refractivity contribution is -0.137. The fraction of sp³-hybridized carbons (Fsp3) is 0.900. The van der Waals surface area contributed by atoms with Crippen LogP contribution in [-0.4, -0.2) is 23.7 Å². The highest BCUT2D eigenvalue weighted by Crippen LogP contribution is 1.98. The van der Waals surface area contributed by atoms with Crippen molar-refractivity contribution < 1.29 is 9.90 Å². The Balaban J connectivity index is 3.17. The van der Waals surface area contributed by atoms with Crippen molar-refractivity contribution in [1.82, 2.24) is 5.32 Å². The predicted molar refractivity (Wildman–Crippen MR) is 53.9 cm³/mol. The molecule has 0 aromatic carbocycles. The lowest BCUT2D eigenvalue weighted by atomic mass is 10.2. The maximum atomic E-state index is 10.3. The molecule has 0 saturated carbocycles. The Bertz CT molecular complexity index is 137. The van der Waals surface area contributed by atoms with E-state index in [4.69, 9.17) is 5.11 Å². The third kappa shape index (κ3) is 9.34. The number of unbranched alkanes of at least 4 members (excludes halogenated alkanes) is 3. The van der Waals surface area contributed by atoms with Crippen LogP contribution in [0.2, 0.25) is 0 Å². The van der Waals surface area contributed by atoms with Crippen molar-refractivity contribution in [2.75, 3.05) is 6.54 Å². The highest BCUT2D eigenvalue weighted by molar-refractivity contribution is 5.67. The Hall–Kier alpha value is -0.570. The molecule has 0 radical (unpaired) electrons. The van der Waals surface area contributed by atoms with E-state index >= 15 is 0 Å². The fourth-order valence-electron chi connectivity index (χ4n) is 1.23. The number of hydrogen-bond acceptors (Lipinski definition) is 2. The van der Waals surface area contributed by atoms with E-state index in [-0.39, 0.29) is 12.5 Å². The van der Waals surface area contributed by atoms with Crippen LogP contribution in [0.5, 0.6) is 0 Å². The smallest absolute Gasteiger partial charge is 0.304 e. The Morgan fingerprint density at radius 2 is 2.08 bits per heavy atom. The molecule has 2 N–H and O–H groups in total. The Kier molecular flexibility index (Phi) is 7.69. The van der Waals surface area contributed by atoms with Gasteiger partial charge in [0.15, 0.2) is 0 Å². The van der Waals surface area contributed by atoms with E-state index in [0.717, 1.165) is 13.0 Å². The van der Waals surface area contributed by atoms with Crippen LogP contribution in [0.4, 0.5) is 0 Å². The molecule has 0 aliphatic rings. The molecule has 1 unspecified atom stereocenters. The minimum Gasteiger partial charge on any atom is -0.481 e. The molecule has 3 heteroatoms. The van der Waals surface area contributed by atoms with Crippen LogP contribution >= 0.6 is 0 Å². The summed E-state index contributed by atoms with van der Waals surface area (Å²) in [5.41, 5.74) is 0. The lowest BCUT2D eigenvalue weighted by Crippen LogP contribution is -2.29. The second-order valence-electron chi connectivity index (χ2n) is 3.51. The Morgan fingerprint density at radius 1 is 1.38 bits per heavy atom. The van der Waals surface area contributed by atoms with Gasteiger partial charge in [-0.1, -0.05) is 26.2 Å². The number of aliphatic carboxylic acids is 1. The normalized spacial score (nSPS) is 12.8. The predicted octanol–water partition coefficient (Wildman–Crippen LogP) is 2.02. The van der Waals surface area contributed by atoms with Crippen LogP contribution in [0.15, 0.2) is 0 Å². The third-order valence-corrected chi connectivity index (χ3v) is 2.00. The highest BCUT2D eigenvalue weighted by Gasteiger charge is 2.05. The topological polar surface area (TPSA) is 49.3 Å². The number of nitrogens with one attached hydrogen (secondary N) is 1. The van der Waals surface area contributed by atoms with Crippen molar-refractivity contribution in [1.29, 1.82) is 0 Å². The summed E-state index contributed by atoms with van der Waals surface area (Å²) in [5, 5.41) is 11.7. The van der Waals surface area contributed by atoms with E-state index in [2.05, 4.69) is 12.2 Å². The maximum absolute atomic E-state index is 10.3. The molecule has 0 saturated heterocycles. The molecule has 1 atom stereocenters. The van der Waals surface area contributed by atoms with Crippen molar-refractivity contribution >= 4 is 5.97 Å². The molecule has 0 spiro atoms. The Morgan fingerprint density at radius 3 is 2.62 bits per heavy atom. The van der Waals surface area contributed by atoms with E-state index in [1.807, 2.05) is 6.92 Å². The van der Waals surface area contributed by atoms with E-state index in [1.54, 1.807) is 0 Å². The first-order valence-corrected chi connectivity index (χ1v) is 5.12. The SMILES string of the molecule is CCCCCCNC(C)CC(=O)O. The summed E-state index contributed by atoms with van der Waals surface area (Å²) in [5.74, 6) is -0.728. The van der Waals surface area contributed by atoms with Crippen molar-refractivity contribution in [2.45, 2.75) is 52.0 Å². The van der Waals surface area contributed by atoms with E-state index in [0.29, 0.717) is 0 Å². The summed E-state index contributed by atoms with van der Waals surface area (Å²) in [7, 11) is 0. The summed E-state index contributed by atoms with van der Waals surface area (Å²) in [4.78, 5) is 10.3. The summed E-state index contributed by atoms with van der Waals surface area (Å²) in [6, 6.07) is 0.0964. The highest BCUT2D eigenvalue weighted by atomic mass is 16.4. The van der Waals surface area contributed by atoms with E-state index < -0.39 is 5.97 Å². The Labute approximate surface area is 80.5 Å². The summed E-state index contributed by atoms with van der Waals surface area (Å²) in [6.07, 6.45) is 5.12. The molecule has 0 aliphatic carbocycles. The first-order chi connectivity index (χ1) is 6.16. The zero-order chi connectivity index (χ0) is 10.1. The molecule has 0 heterocycles. The summed E-state index contributed by atoms with van der Waals surface area (Å²) in [6.45, 7) is 5.03. The van der Waals surface area contributed by atoms with E-state index in [9.17, 15) is 4.79 Å². The first kappa shape index (κ1) is 12.4. The second kappa shape index (κ2) is 8.05. The van der Waals surface area contributed by atoms with Crippen LogP contribution in [0.1, 0.15) is 46.0 Å². The van der Waals surface area contributed by atoms with Crippen LogP contribution < -0.4 is 5.32 Å². The molecule has 0 amide bonds. The number of carboxylic acids is 1. The van der Waals surface area contributed by atoms with E-state index in [1.165, 1.54) is 19.3 Å². The molecule has 0 aliphatic heterocycles. The largest absolute Gasteiger partial charge is 0.481 e. The summed E-state index contributed by atoms with van der Waals surface area (Å²) >= 11 is 0. The van der Waals surface area contributed by atoms with Crippen LogP contribution in [0.25, 0.3) is 0 Å². The zero-order valence-electron chi connectivity index (χ0n) is 8.68. The van der Waals surface area contributed by atoms with Gasteiger partial charge in [0, 0.05) is 6.04 Å². The van der Waals surface area contributed by atoms with Crippen molar-refractivity contribution in [3.8, 4) is 0 Å². The average Bonchev–Trinajstić information content (AvgIpc) is 2.02. The van der Waals surface area contributed by atoms with Crippen molar-refractivity contribution in [3.05, 3.63) is 0 Å². The molecule has 78 valence electrons. The quantitative estimate of drug-likeness (QED) is 0.571. The third-order valence-electron chi connectivity index (χ3n) is 2.00. The lowest BCUT2D eigenvalue weighted by Gasteiger charge is -2.10. The van der Waals surface area contributed by atoms with Crippen LogP contribution in [0, 0.1) is 0 Å². The number of carbonyl (C=O) groups is 1. The summed E-state index contributed by atoms with van der Waals surface area (Å²) < 4.78 is 0. The molecule has 0 fully saturated rings. The van der Waals surface area contributed by atoms with Crippen LogP contribution in [0.3, 0.4) is 0 Å². The van der Waals surface area contributed by atoms with Gasteiger partial charge >= 0.3 is 5.97 Å². The molecule has 0 rings (SSSR count). The molecule has 0 aromatic rings. The van der Waals surface area contributed by atoms with Gasteiger partial charge in [-0.25, -0.2) is 0 Å². The van der Waals surface area contributed by atoms with Crippen LogP contribution in [-0.2, 0) is 4.79 Å². The molecule has 13 heavy (non-hydrogen) atoms. The van der Waals surface area contributed by atoms with Gasteiger partial charge in [-0.05, 0) is 19.9 Å². The van der Waals surface area contributed by atoms with Crippen molar-refractivity contribution in [3.63, 3.8) is 0 Å². The van der Waals surface area contributed by atoms with Gasteiger partial charge in [0.05, 0.1) is 6.42 Å². The minimum absolute atomic E-state index is 0.0964. The maximum Gasteiger partial charge on any atom is 0.304 e. The van der Waals surface area contributed by atoms with Crippen molar-refractivity contribution in [2.24, 2.45) is 0 Å². The number of rotatable bonds is 8. The monoisotopic (exact) mass is 187 g/mol. The molecular formula is C10H21NO2. The van der Waals surface area contributed by atoms with Gasteiger partial charge < -0.3 is 10.4 Å². The number of carboxylic acid groups (broad SMARTS) is 1. The minimum atomic E-state index is -0.728. The second-order valence-corrected chi connectivity index (χ2v) is 3.51. The molecule has 0 aromatic heterocycles.